The lowest BCUT2D eigenvalue weighted by Gasteiger charge is -2.32. The summed E-state index contributed by atoms with van der Waals surface area (Å²) in [5.41, 5.74) is 10.4. The summed E-state index contributed by atoms with van der Waals surface area (Å²) in [5, 5.41) is 9.56. The first-order valence-electron chi connectivity index (χ1n) is 9.07. The van der Waals surface area contributed by atoms with E-state index in [0.717, 1.165) is 24.3 Å². The van der Waals surface area contributed by atoms with Crippen LogP contribution in [0.1, 0.15) is 21.9 Å². The number of hydrogen-bond acceptors (Lipinski definition) is 5. The number of fused-ring (bicyclic) bond motifs is 2. The van der Waals surface area contributed by atoms with Gasteiger partial charge in [0, 0.05) is 34.1 Å². The predicted octanol–water partition coefficient (Wildman–Crippen LogP) is 4.52. The number of anilines is 1. The number of thiophene rings is 1. The van der Waals surface area contributed by atoms with Crippen molar-refractivity contribution in [2.45, 2.75) is 12.5 Å². The first kappa shape index (κ1) is 16.4. The molecule has 2 aromatic carbocycles. The lowest BCUT2D eigenvalue weighted by molar-refractivity contribution is 0.296. The van der Waals surface area contributed by atoms with Gasteiger partial charge in [0.25, 0.3) is 0 Å². The summed E-state index contributed by atoms with van der Waals surface area (Å²) in [5.74, 6) is 0.851. The van der Waals surface area contributed by atoms with Crippen molar-refractivity contribution >= 4 is 27.2 Å². The maximum Gasteiger partial charge on any atom is 0.146 e. The van der Waals surface area contributed by atoms with E-state index in [1.54, 1.807) is 6.07 Å². The van der Waals surface area contributed by atoms with E-state index < -0.39 is 0 Å². The Kier molecular flexibility index (Phi) is 3.92. The molecule has 5 heteroatoms. The highest BCUT2D eigenvalue weighted by Crippen LogP contribution is 2.39. The standard InChI is InChI=1S/C22H20N4S/c1-26-12-16-10-14(19-8-9-22(23)25-24-19)6-7-17(16)18(13-26)21-11-15-4-2-3-5-20(15)27-21/h2-11,18H,12-13H2,1H3,(H2,23,25). The van der Waals surface area contributed by atoms with Crippen LogP contribution in [0.4, 0.5) is 5.82 Å². The Morgan fingerprint density at radius 2 is 1.93 bits per heavy atom. The molecule has 0 saturated carbocycles. The second-order valence-electron chi connectivity index (χ2n) is 7.19. The van der Waals surface area contributed by atoms with Crippen LogP contribution in [0.2, 0.25) is 0 Å². The van der Waals surface area contributed by atoms with Crippen LogP contribution in [0.3, 0.4) is 0 Å². The van der Waals surface area contributed by atoms with Crippen molar-refractivity contribution in [1.29, 1.82) is 0 Å². The highest BCUT2D eigenvalue weighted by Gasteiger charge is 2.26. The van der Waals surface area contributed by atoms with Crippen molar-refractivity contribution in [3.8, 4) is 11.3 Å². The molecule has 0 fully saturated rings. The number of aromatic nitrogens is 2. The fourth-order valence-corrected chi connectivity index (χ4v) is 5.10. The summed E-state index contributed by atoms with van der Waals surface area (Å²) in [6.07, 6.45) is 0. The third-order valence-electron chi connectivity index (χ3n) is 5.22. The Hall–Kier alpha value is -2.76. The molecule has 134 valence electrons. The highest BCUT2D eigenvalue weighted by atomic mass is 32.1. The van der Waals surface area contributed by atoms with Crippen LogP contribution in [-0.4, -0.2) is 28.7 Å². The smallest absolute Gasteiger partial charge is 0.146 e. The molecule has 1 aliphatic heterocycles. The van der Waals surface area contributed by atoms with Crippen molar-refractivity contribution in [3.63, 3.8) is 0 Å². The van der Waals surface area contributed by atoms with E-state index in [-0.39, 0.29) is 0 Å². The zero-order chi connectivity index (χ0) is 18.4. The van der Waals surface area contributed by atoms with Gasteiger partial charge in [0.1, 0.15) is 5.82 Å². The Morgan fingerprint density at radius 1 is 1.04 bits per heavy atom. The number of nitrogens with zero attached hydrogens (tertiary/aromatic N) is 3. The van der Waals surface area contributed by atoms with Crippen molar-refractivity contribution in [2.75, 3.05) is 19.3 Å². The molecule has 4 aromatic rings. The van der Waals surface area contributed by atoms with E-state index in [1.165, 1.54) is 26.1 Å². The molecule has 0 spiro atoms. The SMILES string of the molecule is CN1Cc2cc(-c3ccc(N)nn3)ccc2C(c2cc3ccccc3s2)C1. The molecule has 1 aliphatic rings. The van der Waals surface area contributed by atoms with Crippen molar-refractivity contribution in [1.82, 2.24) is 15.1 Å². The van der Waals surface area contributed by atoms with Crippen molar-refractivity contribution < 1.29 is 0 Å². The predicted molar refractivity (Wildman–Crippen MR) is 112 cm³/mol. The fourth-order valence-electron chi connectivity index (χ4n) is 3.92. The third-order valence-corrected chi connectivity index (χ3v) is 6.45. The Bertz CT molecular complexity index is 1080. The summed E-state index contributed by atoms with van der Waals surface area (Å²) in [4.78, 5) is 3.83. The van der Waals surface area contributed by atoms with Gasteiger partial charge in [-0.05, 0) is 53.9 Å². The molecule has 3 heterocycles. The van der Waals surface area contributed by atoms with E-state index in [1.807, 2.05) is 17.4 Å². The molecular formula is C22H20N4S. The van der Waals surface area contributed by atoms with Gasteiger partial charge in [-0.1, -0.05) is 30.3 Å². The van der Waals surface area contributed by atoms with Crippen LogP contribution in [0, 0.1) is 0 Å². The molecule has 2 aromatic heterocycles. The number of nitrogen functional groups attached to an aromatic ring is 1. The Balaban J connectivity index is 1.57. The zero-order valence-electron chi connectivity index (χ0n) is 15.1. The second kappa shape index (κ2) is 6.44. The minimum Gasteiger partial charge on any atom is -0.382 e. The second-order valence-corrected chi connectivity index (χ2v) is 8.31. The normalized spacial score (nSPS) is 17.1. The maximum absolute atomic E-state index is 5.67. The van der Waals surface area contributed by atoms with Crippen molar-refractivity contribution in [2.24, 2.45) is 0 Å². The van der Waals surface area contributed by atoms with Crippen LogP contribution in [0.5, 0.6) is 0 Å². The van der Waals surface area contributed by atoms with Crippen LogP contribution < -0.4 is 5.73 Å². The molecule has 5 rings (SSSR count). The average Bonchev–Trinajstić information content (AvgIpc) is 3.11. The molecule has 0 aliphatic carbocycles. The van der Waals surface area contributed by atoms with E-state index in [2.05, 4.69) is 70.7 Å². The molecule has 0 saturated heterocycles. The molecule has 4 nitrogen and oxygen atoms in total. The van der Waals surface area contributed by atoms with Crippen LogP contribution >= 0.6 is 11.3 Å². The molecule has 27 heavy (non-hydrogen) atoms. The van der Waals surface area contributed by atoms with Gasteiger partial charge in [-0.2, -0.15) is 0 Å². The maximum atomic E-state index is 5.67. The minimum atomic E-state index is 0.405. The number of nitrogens with two attached hydrogens (primary N) is 1. The fraction of sp³-hybridized carbons (Fsp3) is 0.182. The molecule has 0 bridgehead atoms. The number of rotatable bonds is 2. The van der Waals surface area contributed by atoms with Crippen LogP contribution in [0.25, 0.3) is 21.3 Å². The van der Waals surface area contributed by atoms with Gasteiger partial charge < -0.3 is 10.6 Å². The highest BCUT2D eigenvalue weighted by molar-refractivity contribution is 7.19. The molecular weight excluding hydrogens is 352 g/mol. The molecule has 1 unspecified atom stereocenters. The van der Waals surface area contributed by atoms with Gasteiger partial charge in [-0.25, -0.2) is 0 Å². The Labute approximate surface area is 162 Å². The zero-order valence-corrected chi connectivity index (χ0v) is 15.9. The number of benzene rings is 2. The van der Waals surface area contributed by atoms with E-state index in [9.17, 15) is 0 Å². The lowest BCUT2D eigenvalue weighted by Crippen LogP contribution is -2.30. The van der Waals surface area contributed by atoms with E-state index >= 15 is 0 Å². The molecule has 0 radical (unpaired) electrons. The van der Waals surface area contributed by atoms with Gasteiger partial charge in [0.05, 0.1) is 5.69 Å². The topological polar surface area (TPSA) is 55.0 Å². The van der Waals surface area contributed by atoms with Gasteiger partial charge >= 0.3 is 0 Å². The van der Waals surface area contributed by atoms with Gasteiger partial charge in [-0.3, -0.25) is 0 Å². The molecule has 2 N–H and O–H groups in total. The molecule has 1 atom stereocenters. The first-order chi connectivity index (χ1) is 13.2. The summed E-state index contributed by atoms with van der Waals surface area (Å²) in [6.45, 7) is 1.99. The van der Waals surface area contributed by atoms with Gasteiger partial charge in [0.15, 0.2) is 0 Å². The third kappa shape index (κ3) is 2.99. The quantitative estimate of drug-likeness (QED) is 0.562. The van der Waals surface area contributed by atoms with E-state index in [4.69, 9.17) is 5.73 Å². The number of likely N-dealkylation sites (N-methyl/N-ethyl adjacent to an activating group) is 1. The van der Waals surface area contributed by atoms with Crippen LogP contribution in [0.15, 0.2) is 60.7 Å². The first-order valence-corrected chi connectivity index (χ1v) is 9.88. The Morgan fingerprint density at radius 3 is 2.74 bits per heavy atom. The largest absolute Gasteiger partial charge is 0.382 e. The lowest BCUT2D eigenvalue weighted by atomic mass is 9.87. The van der Waals surface area contributed by atoms with Gasteiger partial charge in [0.2, 0.25) is 0 Å². The van der Waals surface area contributed by atoms with Crippen molar-refractivity contribution in [3.05, 3.63) is 76.7 Å². The summed E-state index contributed by atoms with van der Waals surface area (Å²) < 4.78 is 1.36. The monoisotopic (exact) mass is 372 g/mol. The van der Waals surface area contributed by atoms with Crippen LogP contribution in [-0.2, 0) is 6.54 Å². The van der Waals surface area contributed by atoms with E-state index in [0.29, 0.717) is 11.7 Å². The van der Waals surface area contributed by atoms with Gasteiger partial charge in [-0.15, -0.1) is 21.5 Å². The number of hydrogen-bond donors (Lipinski definition) is 1. The molecule has 0 amide bonds. The summed E-state index contributed by atoms with van der Waals surface area (Å²) in [7, 11) is 2.19. The average molecular weight is 372 g/mol. The minimum absolute atomic E-state index is 0.405. The summed E-state index contributed by atoms with van der Waals surface area (Å²) in [6, 6.07) is 21.4. The summed E-state index contributed by atoms with van der Waals surface area (Å²) >= 11 is 1.91.